The average Bonchev–Trinajstić information content (AvgIpc) is 3.16. The van der Waals surface area contributed by atoms with E-state index in [-0.39, 0.29) is 0 Å². The highest BCUT2D eigenvalue weighted by Gasteiger charge is 2.13. The van der Waals surface area contributed by atoms with E-state index in [1.165, 1.54) is 0 Å². The Balaban J connectivity index is 1.71. The van der Waals surface area contributed by atoms with E-state index in [4.69, 9.17) is 4.74 Å². The highest BCUT2D eigenvalue weighted by molar-refractivity contribution is 5.45. The van der Waals surface area contributed by atoms with Crippen molar-refractivity contribution in [3.8, 4) is 17.4 Å². The molecule has 0 radical (unpaired) electrons. The molecule has 0 fully saturated rings. The number of para-hydroxylation sites is 1. The molecule has 5 nitrogen and oxygen atoms in total. The van der Waals surface area contributed by atoms with Gasteiger partial charge in [-0.25, -0.2) is 9.97 Å². The number of ether oxygens (including phenoxy) is 1. The quantitative estimate of drug-likeness (QED) is 0.700. The lowest BCUT2D eigenvalue weighted by Gasteiger charge is -2.13. The second kappa shape index (κ2) is 6.47. The van der Waals surface area contributed by atoms with Crippen LogP contribution in [-0.2, 0) is 6.54 Å². The highest BCUT2D eigenvalue weighted by Crippen LogP contribution is 2.19. The van der Waals surface area contributed by atoms with Gasteiger partial charge in [0.25, 0.3) is 0 Å². The van der Waals surface area contributed by atoms with Gasteiger partial charge in [-0.05, 0) is 26.0 Å². The number of hydrogen-bond acceptors (Lipinski definition) is 3. The van der Waals surface area contributed by atoms with Crippen molar-refractivity contribution >= 4 is 0 Å². The minimum atomic E-state index is 0.350. The van der Waals surface area contributed by atoms with Gasteiger partial charge in [0.05, 0.1) is 6.54 Å². The van der Waals surface area contributed by atoms with Crippen molar-refractivity contribution in [3.05, 3.63) is 55.1 Å². The predicted octanol–water partition coefficient (Wildman–Crippen LogP) is 3.41. The summed E-state index contributed by atoms with van der Waals surface area (Å²) in [7, 11) is 0. The van der Waals surface area contributed by atoms with Gasteiger partial charge in [-0.2, -0.15) is 0 Å². The Labute approximate surface area is 130 Å². The van der Waals surface area contributed by atoms with Crippen LogP contribution in [0, 0.1) is 0 Å². The molecule has 22 heavy (non-hydrogen) atoms. The summed E-state index contributed by atoms with van der Waals surface area (Å²) in [6.07, 6.45) is 7.56. The van der Waals surface area contributed by atoms with Crippen molar-refractivity contribution in [1.29, 1.82) is 0 Å². The molecular weight excluding hydrogens is 276 g/mol. The largest absolute Gasteiger partial charge is 0.492 e. The van der Waals surface area contributed by atoms with Crippen molar-refractivity contribution in [2.45, 2.75) is 26.4 Å². The molecule has 1 aromatic carbocycles. The van der Waals surface area contributed by atoms with E-state index in [0.29, 0.717) is 12.6 Å². The lowest BCUT2D eigenvalue weighted by molar-refractivity contribution is 0.299. The van der Waals surface area contributed by atoms with Crippen molar-refractivity contribution in [2.24, 2.45) is 0 Å². The maximum absolute atomic E-state index is 5.75. The van der Waals surface area contributed by atoms with Crippen molar-refractivity contribution in [3.63, 3.8) is 0 Å². The first-order chi connectivity index (χ1) is 10.8. The average molecular weight is 296 g/mol. The second-order valence-corrected chi connectivity index (χ2v) is 5.36. The van der Waals surface area contributed by atoms with Crippen LogP contribution >= 0.6 is 0 Å². The Morgan fingerprint density at radius 1 is 1.00 bits per heavy atom. The van der Waals surface area contributed by atoms with E-state index >= 15 is 0 Å². The molecule has 3 aromatic rings. The standard InChI is InChI=1S/C17H20N4O/c1-14(2)21-11-9-19-17(21)16-18-8-10-20(16)12-13-22-15-6-4-3-5-7-15/h3-11,14H,12-13H2,1-2H3. The number of rotatable bonds is 6. The van der Waals surface area contributed by atoms with Crippen molar-refractivity contribution in [1.82, 2.24) is 19.1 Å². The zero-order valence-electron chi connectivity index (χ0n) is 12.9. The first-order valence-electron chi connectivity index (χ1n) is 7.48. The van der Waals surface area contributed by atoms with E-state index in [1.807, 2.05) is 48.9 Å². The summed E-state index contributed by atoms with van der Waals surface area (Å²) in [5.41, 5.74) is 0. The summed E-state index contributed by atoms with van der Waals surface area (Å²) < 4.78 is 9.95. The van der Waals surface area contributed by atoms with E-state index in [2.05, 4.69) is 32.9 Å². The molecule has 0 aliphatic heterocycles. The van der Waals surface area contributed by atoms with Crippen LogP contribution in [0.5, 0.6) is 5.75 Å². The molecule has 0 saturated heterocycles. The SMILES string of the molecule is CC(C)n1ccnc1-c1nccn1CCOc1ccccc1. The van der Waals surface area contributed by atoms with Gasteiger partial charge >= 0.3 is 0 Å². The zero-order valence-corrected chi connectivity index (χ0v) is 12.9. The fourth-order valence-corrected chi connectivity index (χ4v) is 2.38. The normalized spacial score (nSPS) is 11.0. The molecule has 2 heterocycles. The fourth-order valence-electron chi connectivity index (χ4n) is 2.38. The van der Waals surface area contributed by atoms with E-state index in [0.717, 1.165) is 23.9 Å². The summed E-state index contributed by atoms with van der Waals surface area (Å²) in [5.74, 6) is 2.64. The summed E-state index contributed by atoms with van der Waals surface area (Å²) in [5, 5.41) is 0. The molecular formula is C17H20N4O. The Kier molecular flexibility index (Phi) is 4.23. The smallest absolute Gasteiger partial charge is 0.176 e. The molecule has 0 amide bonds. The second-order valence-electron chi connectivity index (χ2n) is 5.36. The predicted molar refractivity (Wildman–Crippen MR) is 85.8 cm³/mol. The minimum Gasteiger partial charge on any atom is -0.492 e. The molecule has 2 aromatic heterocycles. The molecule has 0 aliphatic carbocycles. The van der Waals surface area contributed by atoms with Crippen LogP contribution in [0.1, 0.15) is 19.9 Å². The lowest BCUT2D eigenvalue weighted by Crippen LogP contribution is -2.11. The van der Waals surface area contributed by atoms with Crippen LogP contribution in [-0.4, -0.2) is 25.7 Å². The molecule has 0 unspecified atom stereocenters. The number of hydrogen-bond donors (Lipinski definition) is 0. The molecule has 5 heteroatoms. The van der Waals surface area contributed by atoms with Gasteiger partial charge in [0.2, 0.25) is 0 Å². The van der Waals surface area contributed by atoms with Gasteiger partial charge in [0.1, 0.15) is 12.4 Å². The third-order valence-electron chi connectivity index (χ3n) is 3.48. The van der Waals surface area contributed by atoms with Gasteiger partial charge < -0.3 is 13.9 Å². The van der Waals surface area contributed by atoms with Gasteiger partial charge in [-0.1, -0.05) is 18.2 Å². The van der Waals surface area contributed by atoms with Crippen molar-refractivity contribution < 1.29 is 4.74 Å². The van der Waals surface area contributed by atoms with Gasteiger partial charge in [-0.3, -0.25) is 0 Å². The van der Waals surface area contributed by atoms with Gasteiger partial charge in [0.15, 0.2) is 11.6 Å². The van der Waals surface area contributed by atoms with Crippen LogP contribution in [0.15, 0.2) is 55.1 Å². The summed E-state index contributed by atoms with van der Waals surface area (Å²) >= 11 is 0. The molecule has 3 rings (SSSR count). The monoisotopic (exact) mass is 296 g/mol. The van der Waals surface area contributed by atoms with Crippen LogP contribution < -0.4 is 4.74 Å². The first-order valence-corrected chi connectivity index (χ1v) is 7.48. The van der Waals surface area contributed by atoms with E-state index < -0.39 is 0 Å². The van der Waals surface area contributed by atoms with Gasteiger partial charge in [0, 0.05) is 30.8 Å². The molecule has 0 atom stereocenters. The molecule has 0 N–H and O–H groups in total. The Morgan fingerprint density at radius 3 is 2.50 bits per heavy atom. The van der Waals surface area contributed by atoms with Gasteiger partial charge in [-0.15, -0.1) is 0 Å². The van der Waals surface area contributed by atoms with Crippen LogP contribution in [0.4, 0.5) is 0 Å². The zero-order chi connectivity index (χ0) is 15.4. The summed E-state index contributed by atoms with van der Waals surface area (Å²) in [6.45, 7) is 5.60. The Bertz CT molecular complexity index is 715. The highest BCUT2D eigenvalue weighted by atomic mass is 16.5. The maximum atomic E-state index is 5.75. The third-order valence-corrected chi connectivity index (χ3v) is 3.48. The first kappa shape index (κ1) is 14.4. The van der Waals surface area contributed by atoms with E-state index in [9.17, 15) is 0 Å². The number of nitrogens with zero attached hydrogens (tertiary/aromatic N) is 4. The minimum absolute atomic E-state index is 0.350. The number of aromatic nitrogens is 4. The van der Waals surface area contributed by atoms with Crippen LogP contribution in [0.3, 0.4) is 0 Å². The molecule has 0 bridgehead atoms. The molecule has 0 aliphatic rings. The van der Waals surface area contributed by atoms with Crippen LogP contribution in [0.25, 0.3) is 11.6 Å². The molecule has 114 valence electrons. The van der Waals surface area contributed by atoms with Crippen LogP contribution in [0.2, 0.25) is 0 Å². The van der Waals surface area contributed by atoms with Crippen molar-refractivity contribution in [2.75, 3.05) is 6.61 Å². The number of imidazole rings is 2. The Morgan fingerprint density at radius 2 is 1.73 bits per heavy atom. The summed E-state index contributed by atoms with van der Waals surface area (Å²) in [4.78, 5) is 8.90. The van der Waals surface area contributed by atoms with E-state index in [1.54, 1.807) is 6.20 Å². The fraction of sp³-hybridized carbons (Fsp3) is 0.294. The molecule has 0 saturated carbocycles. The Hall–Kier alpha value is -2.56. The summed E-state index contributed by atoms with van der Waals surface area (Å²) in [6, 6.07) is 10.2. The lowest BCUT2D eigenvalue weighted by atomic mass is 10.3. The third kappa shape index (κ3) is 3.03. The number of benzene rings is 1. The molecule has 0 spiro atoms. The topological polar surface area (TPSA) is 44.9 Å². The maximum Gasteiger partial charge on any atom is 0.176 e.